The molecule has 0 atom stereocenters. The van der Waals surface area contributed by atoms with E-state index in [1.165, 1.54) is 38.5 Å². The average molecular weight is 214 g/mol. The predicted octanol–water partition coefficient (Wildman–Crippen LogP) is 4.53. The molecule has 0 spiro atoms. The normalized spacial score (nSPS) is 13.2. The molecule has 0 heterocycles. The molecule has 0 aromatic heterocycles. The Bertz CT molecular complexity index is 153. The first-order chi connectivity index (χ1) is 6.81. The molecule has 0 fully saturated rings. The molecule has 1 N–H and O–H groups in total. The summed E-state index contributed by atoms with van der Waals surface area (Å²) < 4.78 is 0. The van der Waals surface area contributed by atoms with Crippen molar-refractivity contribution >= 4 is 0 Å². The van der Waals surface area contributed by atoms with E-state index in [1.54, 1.807) is 0 Å². The van der Waals surface area contributed by atoms with Crippen molar-refractivity contribution in [1.82, 2.24) is 0 Å². The van der Waals surface area contributed by atoms with E-state index in [0.29, 0.717) is 0 Å². The van der Waals surface area contributed by atoms with Crippen molar-refractivity contribution in [1.29, 1.82) is 0 Å². The maximum atomic E-state index is 9.99. The molecule has 0 aromatic carbocycles. The van der Waals surface area contributed by atoms with E-state index in [2.05, 4.69) is 20.8 Å². The lowest BCUT2D eigenvalue weighted by Crippen LogP contribution is -2.38. The first kappa shape index (κ1) is 15.0. The average Bonchev–Trinajstić information content (AvgIpc) is 2.09. The summed E-state index contributed by atoms with van der Waals surface area (Å²) in [6, 6.07) is 0. The van der Waals surface area contributed by atoms with Crippen LogP contribution >= 0.6 is 0 Å². The van der Waals surface area contributed by atoms with Gasteiger partial charge < -0.3 is 5.11 Å². The van der Waals surface area contributed by atoms with Crippen molar-refractivity contribution in [3.63, 3.8) is 0 Å². The fourth-order valence-electron chi connectivity index (χ4n) is 1.65. The Morgan fingerprint density at radius 3 is 1.73 bits per heavy atom. The van der Waals surface area contributed by atoms with Gasteiger partial charge in [-0.15, -0.1) is 0 Å². The van der Waals surface area contributed by atoms with Gasteiger partial charge in [-0.3, -0.25) is 0 Å². The van der Waals surface area contributed by atoms with E-state index >= 15 is 0 Å². The van der Waals surface area contributed by atoms with Crippen LogP contribution in [0.4, 0.5) is 0 Å². The molecule has 0 aliphatic carbocycles. The van der Waals surface area contributed by atoms with E-state index in [1.807, 2.05) is 13.8 Å². The van der Waals surface area contributed by atoms with Gasteiger partial charge in [0.2, 0.25) is 0 Å². The molecule has 0 amide bonds. The third kappa shape index (κ3) is 6.19. The number of rotatable bonds is 8. The van der Waals surface area contributed by atoms with Crippen molar-refractivity contribution in [2.24, 2.45) is 5.41 Å². The topological polar surface area (TPSA) is 20.2 Å². The second-order valence-electron chi connectivity index (χ2n) is 5.96. The van der Waals surface area contributed by atoms with Gasteiger partial charge in [0.15, 0.2) is 0 Å². The minimum absolute atomic E-state index is 0.0394. The number of unbranched alkanes of at least 4 members (excludes halogenated alkanes) is 5. The highest BCUT2D eigenvalue weighted by Crippen LogP contribution is 2.35. The largest absolute Gasteiger partial charge is 0.390 e. The lowest BCUT2D eigenvalue weighted by Gasteiger charge is -2.37. The van der Waals surface area contributed by atoms with Gasteiger partial charge in [0, 0.05) is 0 Å². The van der Waals surface area contributed by atoms with Gasteiger partial charge in [0.25, 0.3) is 0 Å². The molecular weight excluding hydrogens is 184 g/mol. The SMILES string of the molecule is CCCCCCCCC(C)(C)C(C)(C)O. The molecule has 0 radical (unpaired) electrons. The van der Waals surface area contributed by atoms with E-state index in [9.17, 15) is 5.11 Å². The minimum atomic E-state index is -0.559. The second-order valence-corrected chi connectivity index (χ2v) is 5.96. The number of hydrogen-bond donors (Lipinski definition) is 1. The van der Waals surface area contributed by atoms with E-state index in [-0.39, 0.29) is 5.41 Å². The van der Waals surface area contributed by atoms with Crippen LogP contribution in [0.25, 0.3) is 0 Å². The van der Waals surface area contributed by atoms with Crippen LogP contribution in [-0.2, 0) is 0 Å². The van der Waals surface area contributed by atoms with Crippen LogP contribution in [0.15, 0.2) is 0 Å². The molecule has 0 aliphatic heterocycles. The van der Waals surface area contributed by atoms with E-state index in [0.717, 1.165) is 6.42 Å². The van der Waals surface area contributed by atoms with Crippen LogP contribution in [0, 0.1) is 5.41 Å². The van der Waals surface area contributed by atoms with Gasteiger partial charge in [-0.1, -0.05) is 59.3 Å². The summed E-state index contributed by atoms with van der Waals surface area (Å²) in [6.07, 6.45) is 9.11. The summed E-state index contributed by atoms with van der Waals surface area (Å²) >= 11 is 0. The second kappa shape index (κ2) is 6.52. The first-order valence-electron chi connectivity index (χ1n) is 6.53. The summed E-state index contributed by atoms with van der Waals surface area (Å²) in [5.41, 5.74) is -0.520. The maximum absolute atomic E-state index is 9.99. The molecule has 0 bridgehead atoms. The van der Waals surface area contributed by atoms with Crippen LogP contribution < -0.4 is 0 Å². The zero-order valence-electron chi connectivity index (χ0n) is 11.4. The van der Waals surface area contributed by atoms with Gasteiger partial charge in [-0.2, -0.15) is 0 Å². The highest BCUT2D eigenvalue weighted by molar-refractivity contribution is 4.85. The molecule has 0 unspecified atom stereocenters. The monoisotopic (exact) mass is 214 g/mol. The predicted molar refractivity (Wildman–Crippen MR) is 68.1 cm³/mol. The van der Waals surface area contributed by atoms with Gasteiger partial charge in [-0.25, -0.2) is 0 Å². The van der Waals surface area contributed by atoms with Gasteiger partial charge in [-0.05, 0) is 25.7 Å². The van der Waals surface area contributed by atoms with Gasteiger partial charge in [0.1, 0.15) is 0 Å². The fraction of sp³-hybridized carbons (Fsp3) is 1.00. The molecule has 0 saturated carbocycles. The van der Waals surface area contributed by atoms with Crippen molar-refractivity contribution < 1.29 is 5.11 Å². The molecule has 0 aliphatic rings. The Balaban J connectivity index is 3.58. The Labute approximate surface area is 96.3 Å². The first-order valence-corrected chi connectivity index (χ1v) is 6.53. The summed E-state index contributed by atoms with van der Waals surface area (Å²) in [5.74, 6) is 0. The standard InChI is InChI=1S/C14H30O/c1-6-7-8-9-10-11-12-13(2,3)14(4,5)15/h15H,6-12H2,1-5H3. The molecule has 0 saturated heterocycles. The lowest BCUT2D eigenvalue weighted by atomic mass is 9.73. The number of hydrogen-bond acceptors (Lipinski definition) is 1. The highest BCUT2D eigenvalue weighted by Gasteiger charge is 2.33. The lowest BCUT2D eigenvalue weighted by molar-refractivity contribution is -0.0405. The Morgan fingerprint density at radius 1 is 0.800 bits per heavy atom. The van der Waals surface area contributed by atoms with E-state index < -0.39 is 5.60 Å². The van der Waals surface area contributed by atoms with Crippen molar-refractivity contribution in [2.45, 2.75) is 85.2 Å². The maximum Gasteiger partial charge on any atom is 0.0642 e. The smallest absolute Gasteiger partial charge is 0.0642 e. The molecule has 1 nitrogen and oxygen atoms in total. The molecule has 0 aromatic rings. The quantitative estimate of drug-likeness (QED) is 0.588. The zero-order valence-corrected chi connectivity index (χ0v) is 11.4. The third-order valence-corrected chi connectivity index (χ3v) is 3.81. The van der Waals surface area contributed by atoms with Crippen molar-refractivity contribution in [2.75, 3.05) is 0 Å². The molecule has 0 rings (SSSR count). The van der Waals surface area contributed by atoms with Crippen LogP contribution in [0.2, 0.25) is 0 Å². The third-order valence-electron chi connectivity index (χ3n) is 3.81. The molecule has 15 heavy (non-hydrogen) atoms. The fourth-order valence-corrected chi connectivity index (χ4v) is 1.65. The Hall–Kier alpha value is -0.0400. The Morgan fingerprint density at radius 2 is 1.27 bits per heavy atom. The zero-order chi connectivity index (χ0) is 11.9. The van der Waals surface area contributed by atoms with Crippen LogP contribution in [0.1, 0.15) is 79.6 Å². The summed E-state index contributed by atoms with van der Waals surface area (Å²) in [6.45, 7) is 10.4. The van der Waals surface area contributed by atoms with Crippen molar-refractivity contribution in [3.8, 4) is 0 Å². The molecular formula is C14H30O. The molecule has 92 valence electrons. The van der Waals surface area contributed by atoms with E-state index in [4.69, 9.17) is 0 Å². The molecule has 1 heteroatoms. The van der Waals surface area contributed by atoms with Crippen molar-refractivity contribution in [3.05, 3.63) is 0 Å². The Kier molecular flexibility index (Phi) is 6.51. The van der Waals surface area contributed by atoms with Crippen LogP contribution in [-0.4, -0.2) is 10.7 Å². The highest BCUT2D eigenvalue weighted by atomic mass is 16.3. The van der Waals surface area contributed by atoms with Crippen LogP contribution in [0.5, 0.6) is 0 Å². The summed E-state index contributed by atoms with van der Waals surface area (Å²) in [5, 5.41) is 9.99. The summed E-state index contributed by atoms with van der Waals surface area (Å²) in [4.78, 5) is 0. The van der Waals surface area contributed by atoms with Crippen LogP contribution in [0.3, 0.4) is 0 Å². The minimum Gasteiger partial charge on any atom is -0.390 e. The van der Waals surface area contributed by atoms with Gasteiger partial charge in [0.05, 0.1) is 5.60 Å². The van der Waals surface area contributed by atoms with Gasteiger partial charge >= 0.3 is 0 Å². The number of aliphatic hydroxyl groups is 1. The summed E-state index contributed by atoms with van der Waals surface area (Å²) in [7, 11) is 0.